The summed E-state index contributed by atoms with van der Waals surface area (Å²) in [4.78, 5) is 0. The van der Waals surface area contributed by atoms with Gasteiger partial charge in [-0.25, -0.2) is 4.57 Å². The van der Waals surface area contributed by atoms with Crippen LogP contribution in [0.2, 0.25) is 15.1 Å². The zero-order valence-corrected chi connectivity index (χ0v) is 15.6. The smallest absolute Gasteiger partial charge is 0.414 e. The Morgan fingerprint density at radius 2 is 1.70 bits per heavy atom. The van der Waals surface area contributed by atoms with Crippen LogP contribution in [-0.4, -0.2) is 11.4 Å². The van der Waals surface area contributed by atoms with Crippen molar-refractivity contribution in [2.75, 3.05) is 6.61 Å². The number of hydrogen-bond acceptors (Lipinski definition) is 4. The number of hydrogen-bond donors (Lipinski definition) is 0. The second kappa shape index (κ2) is 7.13. The molecule has 0 saturated heterocycles. The standard InChI is InChI=1S/C12H16Cl3O3PS/c1-5-17-19(16,20-12(2,3)4)18-11-9(14)6-8(13)7-10(11)15/h6-7H,5H2,1-4H3. The van der Waals surface area contributed by atoms with Crippen LogP contribution in [-0.2, 0) is 9.09 Å². The molecule has 8 heteroatoms. The zero-order chi connectivity index (χ0) is 15.6. The molecule has 114 valence electrons. The van der Waals surface area contributed by atoms with Crippen LogP contribution in [0.3, 0.4) is 0 Å². The molecule has 1 aromatic carbocycles. The van der Waals surface area contributed by atoms with Crippen molar-refractivity contribution in [1.29, 1.82) is 0 Å². The summed E-state index contributed by atoms with van der Waals surface area (Å²) in [5, 5.41) is 0.760. The van der Waals surface area contributed by atoms with Gasteiger partial charge in [0.05, 0.1) is 16.7 Å². The summed E-state index contributed by atoms with van der Waals surface area (Å²) in [5.74, 6) is 0.117. The van der Waals surface area contributed by atoms with E-state index < -0.39 is 6.80 Å². The molecule has 0 saturated carbocycles. The third-order valence-electron chi connectivity index (χ3n) is 1.84. The Morgan fingerprint density at radius 1 is 1.20 bits per heavy atom. The van der Waals surface area contributed by atoms with E-state index >= 15 is 0 Å². The van der Waals surface area contributed by atoms with Crippen LogP contribution in [0.4, 0.5) is 0 Å². The minimum Gasteiger partial charge on any atom is -0.414 e. The van der Waals surface area contributed by atoms with Gasteiger partial charge in [0, 0.05) is 9.77 Å². The normalized spacial score (nSPS) is 14.9. The molecular weight excluding hydrogens is 362 g/mol. The van der Waals surface area contributed by atoms with Crippen molar-refractivity contribution in [3.05, 3.63) is 27.2 Å². The Bertz CT molecular complexity index is 508. The molecule has 0 radical (unpaired) electrons. The van der Waals surface area contributed by atoms with Gasteiger partial charge in [0.1, 0.15) is 0 Å². The number of benzene rings is 1. The van der Waals surface area contributed by atoms with Crippen LogP contribution in [0.25, 0.3) is 0 Å². The summed E-state index contributed by atoms with van der Waals surface area (Å²) in [5.41, 5.74) is 0. The predicted octanol–water partition coefficient (Wildman–Crippen LogP) is 6.70. The molecule has 0 aliphatic rings. The molecule has 0 aliphatic heterocycles. The largest absolute Gasteiger partial charge is 0.440 e. The van der Waals surface area contributed by atoms with Crippen LogP contribution in [0.1, 0.15) is 27.7 Å². The van der Waals surface area contributed by atoms with Crippen LogP contribution in [0.5, 0.6) is 5.75 Å². The van der Waals surface area contributed by atoms with Crippen LogP contribution in [0.15, 0.2) is 12.1 Å². The minimum absolute atomic E-state index is 0.117. The maximum atomic E-state index is 12.8. The van der Waals surface area contributed by atoms with Gasteiger partial charge < -0.3 is 4.52 Å². The Morgan fingerprint density at radius 3 is 2.10 bits per heavy atom. The van der Waals surface area contributed by atoms with Gasteiger partial charge in [-0.15, -0.1) is 0 Å². The first kappa shape index (κ1) is 18.5. The zero-order valence-electron chi connectivity index (χ0n) is 11.6. The average molecular weight is 378 g/mol. The minimum atomic E-state index is -3.43. The van der Waals surface area contributed by atoms with Crippen LogP contribution in [0, 0.1) is 0 Å². The highest BCUT2D eigenvalue weighted by Gasteiger charge is 2.35. The SMILES string of the molecule is CCOP(=O)(Oc1c(Cl)cc(Cl)cc1Cl)SC(C)(C)C. The van der Waals surface area contributed by atoms with Gasteiger partial charge in [-0.05, 0) is 30.4 Å². The fraction of sp³-hybridized carbons (Fsp3) is 0.500. The first-order valence-corrected chi connectivity index (χ1v) is 9.95. The highest BCUT2D eigenvalue weighted by molar-refractivity contribution is 8.55. The molecular formula is C12H16Cl3O3PS. The van der Waals surface area contributed by atoms with Gasteiger partial charge in [0.25, 0.3) is 0 Å². The number of halogens is 3. The van der Waals surface area contributed by atoms with E-state index in [1.165, 1.54) is 12.1 Å². The highest BCUT2D eigenvalue weighted by atomic mass is 35.5. The topological polar surface area (TPSA) is 35.5 Å². The molecule has 0 bridgehead atoms. The average Bonchev–Trinajstić information content (AvgIpc) is 2.21. The van der Waals surface area contributed by atoms with Crippen molar-refractivity contribution < 1.29 is 13.6 Å². The molecule has 3 nitrogen and oxygen atoms in total. The van der Waals surface area contributed by atoms with Crippen LogP contribution >= 0.6 is 53.0 Å². The van der Waals surface area contributed by atoms with Crippen molar-refractivity contribution in [1.82, 2.24) is 0 Å². The van der Waals surface area contributed by atoms with Gasteiger partial charge in [-0.2, -0.15) is 0 Å². The van der Waals surface area contributed by atoms with Gasteiger partial charge in [-0.1, -0.05) is 55.6 Å². The lowest BCUT2D eigenvalue weighted by Crippen LogP contribution is -2.10. The van der Waals surface area contributed by atoms with Gasteiger partial charge in [0.15, 0.2) is 5.75 Å². The van der Waals surface area contributed by atoms with E-state index in [-0.39, 0.29) is 27.1 Å². The molecule has 1 rings (SSSR count). The van der Waals surface area contributed by atoms with Gasteiger partial charge in [0.2, 0.25) is 0 Å². The molecule has 0 heterocycles. The molecule has 1 unspecified atom stereocenters. The molecule has 0 aromatic heterocycles. The second-order valence-electron chi connectivity index (χ2n) is 4.86. The third-order valence-corrected chi connectivity index (χ3v) is 7.22. The maximum Gasteiger partial charge on any atom is 0.440 e. The molecule has 1 atom stereocenters. The predicted molar refractivity (Wildman–Crippen MR) is 88.7 cm³/mol. The van der Waals surface area contributed by atoms with Crippen molar-refractivity contribution in [3.63, 3.8) is 0 Å². The van der Waals surface area contributed by atoms with Gasteiger partial charge >= 0.3 is 6.80 Å². The van der Waals surface area contributed by atoms with E-state index in [0.29, 0.717) is 5.02 Å². The van der Waals surface area contributed by atoms with E-state index in [1.54, 1.807) is 6.92 Å². The van der Waals surface area contributed by atoms with E-state index in [1.807, 2.05) is 20.8 Å². The lowest BCUT2D eigenvalue weighted by molar-refractivity contribution is 0.296. The molecule has 0 fully saturated rings. The van der Waals surface area contributed by atoms with E-state index in [0.717, 1.165) is 11.4 Å². The fourth-order valence-corrected chi connectivity index (χ4v) is 6.67. The van der Waals surface area contributed by atoms with E-state index in [9.17, 15) is 4.57 Å². The van der Waals surface area contributed by atoms with Crippen molar-refractivity contribution >= 4 is 53.0 Å². The van der Waals surface area contributed by atoms with Crippen molar-refractivity contribution in [2.45, 2.75) is 32.4 Å². The molecule has 0 spiro atoms. The quantitative estimate of drug-likeness (QED) is 0.535. The first-order chi connectivity index (χ1) is 9.06. The molecule has 20 heavy (non-hydrogen) atoms. The maximum absolute atomic E-state index is 12.8. The second-order valence-corrected chi connectivity index (χ2v) is 10.7. The van der Waals surface area contributed by atoms with E-state index in [4.69, 9.17) is 43.9 Å². The number of rotatable bonds is 5. The van der Waals surface area contributed by atoms with Crippen LogP contribution < -0.4 is 4.52 Å². The monoisotopic (exact) mass is 376 g/mol. The molecule has 0 aliphatic carbocycles. The third kappa shape index (κ3) is 5.67. The first-order valence-electron chi connectivity index (χ1n) is 5.86. The lowest BCUT2D eigenvalue weighted by atomic mass is 10.3. The Hall–Kier alpha value is 0.430. The summed E-state index contributed by atoms with van der Waals surface area (Å²) in [6.07, 6.45) is 0. The highest BCUT2D eigenvalue weighted by Crippen LogP contribution is 2.65. The molecule has 0 amide bonds. The molecule has 1 aromatic rings. The molecule has 0 N–H and O–H groups in total. The summed E-state index contributed by atoms with van der Waals surface area (Å²) in [7, 11) is 0. The summed E-state index contributed by atoms with van der Waals surface area (Å²) in [6.45, 7) is 4.31. The van der Waals surface area contributed by atoms with E-state index in [2.05, 4.69) is 0 Å². The summed E-state index contributed by atoms with van der Waals surface area (Å²) < 4.78 is 23.3. The fourth-order valence-electron chi connectivity index (χ4n) is 1.29. The summed E-state index contributed by atoms with van der Waals surface area (Å²) >= 11 is 19.0. The lowest BCUT2D eigenvalue weighted by Gasteiger charge is -2.25. The van der Waals surface area contributed by atoms with Gasteiger partial charge in [-0.3, -0.25) is 4.52 Å². The summed E-state index contributed by atoms with van der Waals surface area (Å²) in [6, 6.07) is 2.95. The Kier molecular flexibility index (Phi) is 6.59. The van der Waals surface area contributed by atoms with Crippen molar-refractivity contribution in [3.8, 4) is 5.75 Å². The Balaban J connectivity index is 3.11. The Labute approximate surface area is 138 Å². The van der Waals surface area contributed by atoms with Crippen molar-refractivity contribution in [2.24, 2.45) is 0 Å².